The van der Waals surface area contributed by atoms with E-state index in [2.05, 4.69) is 59.0 Å². The van der Waals surface area contributed by atoms with Crippen LogP contribution in [0, 0.1) is 5.41 Å². The Morgan fingerprint density at radius 3 is 2.29 bits per heavy atom. The van der Waals surface area contributed by atoms with E-state index in [1.54, 1.807) is 0 Å². The van der Waals surface area contributed by atoms with Gasteiger partial charge in [0.2, 0.25) is 11.9 Å². The first-order valence-corrected chi connectivity index (χ1v) is 10.4. The molecule has 7 nitrogen and oxygen atoms in total. The number of halogens is 1. The SMILES string of the molecule is N=Cc1cc(Nc2ncnc(Nc3cccc(Br)c3)n2)ccc1NCc1ccccc1. The summed E-state index contributed by atoms with van der Waals surface area (Å²) in [5.74, 6) is 0.845. The smallest absolute Gasteiger partial charge is 0.232 e. The summed E-state index contributed by atoms with van der Waals surface area (Å²) in [7, 11) is 0. The molecule has 0 aliphatic heterocycles. The first-order chi connectivity index (χ1) is 15.2. The minimum atomic E-state index is 0.411. The fraction of sp³-hybridized carbons (Fsp3) is 0.0435. The summed E-state index contributed by atoms with van der Waals surface area (Å²) in [4.78, 5) is 12.8. The molecular formula is C23H20BrN7. The summed E-state index contributed by atoms with van der Waals surface area (Å²) in [5.41, 5.74) is 4.48. The zero-order chi connectivity index (χ0) is 21.5. The predicted octanol–water partition coefficient (Wildman–Crippen LogP) is 5.73. The second-order valence-corrected chi connectivity index (χ2v) is 7.59. The zero-order valence-electron chi connectivity index (χ0n) is 16.5. The molecule has 0 atom stereocenters. The molecule has 1 heterocycles. The first-order valence-electron chi connectivity index (χ1n) is 9.60. The van der Waals surface area contributed by atoms with E-state index in [-0.39, 0.29) is 0 Å². The highest BCUT2D eigenvalue weighted by molar-refractivity contribution is 9.10. The van der Waals surface area contributed by atoms with Gasteiger partial charge in [-0.2, -0.15) is 4.98 Å². The van der Waals surface area contributed by atoms with Gasteiger partial charge >= 0.3 is 0 Å². The van der Waals surface area contributed by atoms with Gasteiger partial charge in [-0.15, -0.1) is 0 Å². The Bertz CT molecular complexity index is 1180. The number of nitrogens with one attached hydrogen (secondary N) is 4. The van der Waals surface area contributed by atoms with Crippen LogP contribution in [0.25, 0.3) is 0 Å². The molecule has 0 aliphatic carbocycles. The van der Waals surface area contributed by atoms with Crippen LogP contribution < -0.4 is 16.0 Å². The lowest BCUT2D eigenvalue weighted by atomic mass is 10.1. The Morgan fingerprint density at radius 1 is 0.839 bits per heavy atom. The average Bonchev–Trinajstić information content (AvgIpc) is 2.79. The number of anilines is 5. The van der Waals surface area contributed by atoms with Gasteiger partial charge < -0.3 is 21.4 Å². The molecule has 0 radical (unpaired) electrons. The Labute approximate surface area is 188 Å². The van der Waals surface area contributed by atoms with Crippen LogP contribution in [0.2, 0.25) is 0 Å². The molecule has 3 aromatic carbocycles. The van der Waals surface area contributed by atoms with Gasteiger partial charge in [0.1, 0.15) is 6.33 Å². The zero-order valence-corrected chi connectivity index (χ0v) is 18.1. The molecule has 0 saturated carbocycles. The maximum Gasteiger partial charge on any atom is 0.232 e. The van der Waals surface area contributed by atoms with Crippen LogP contribution in [0.5, 0.6) is 0 Å². The Balaban J connectivity index is 1.46. The fourth-order valence-corrected chi connectivity index (χ4v) is 3.35. The minimum absolute atomic E-state index is 0.411. The van der Waals surface area contributed by atoms with Crippen LogP contribution in [0.4, 0.5) is 29.0 Å². The topological polar surface area (TPSA) is 98.6 Å². The van der Waals surface area contributed by atoms with Crippen molar-refractivity contribution in [3.63, 3.8) is 0 Å². The molecule has 0 aliphatic rings. The van der Waals surface area contributed by atoms with Crippen LogP contribution in [0.15, 0.2) is 83.6 Å². The van der Waals surface area contributed by atoms with E-state index >= 15 is 0 Å². The van der Waals surface area contributed by atoms with Crippen molar-refractivity contribution in [2.24, 2.45) is 0 Å². The van der Waals surface area contributed by atoms with Gasteiger partial charge in [0.25, 0.3) is 0 Å². The van der Waals surface area contributed by atoms with Crippen molar-refractivity contribution in [3.05, 3.63) is 94.7 Å². The summed E-state index contributed by atoms with van der Waals surface area (Å²) in [5, 5.41) is 17.5. The highest BCUT2D eigenvalue weighted by Crippen LogP contribution is 2.23. The van der Waals surface area contributed by atoms with E-state index in [9.17, 15) is 0 Å². The second kappa shape index (κ2) is 9.82. The molecule has 8 heteroatoms. The summed E-state index contributed by atoms with van der Waals surface area (Å²) in [6.07, 6.45) is 2.77. The largest absolute Gasteiger partial charge is 0.380 e. The Kier molecular flexibility index (Phi) is 6.49. The number of hydrogen-bond acceptors (Lipinski definition) is 7. The van der Waals surface area contributed by atoms with Gasteiger partial charge in [-0.05, 0) is 42.0 Å². The summed E-state index contributed by atoms with van der Waals surface area (Å²) in [6.45, 7) is 0.687. The second-order valence-electron chi connectivity index (χ2n) is 6.68. The summed E-state index contributed by atoms with van der Waals surface area (Å²) in [6, 6.07) is 23.6. The van der Waals surface area contributed by atoms with E-state index < -0.39 is 0 Å². The normalized spacial score (nSPS) is 10.4. The van der Waals surface area contributed by atoms with Crippen LogP contribution >= 0.6 is 15.9 Å². The predicted molar refractivity (Wildman–Crippen MR) is 129 cm³/mol. The van der Waals surface area contributed by atoms with Crippen LogP contribution in [0.3, 0.4) is 0 Å². The lowest BCUT2D eigenvalue weighted by Gasteiger charge is -2.12. The maximum absolute atomic E-state index is 7.77. The van der Waals surface area contributed by atoms with Gasteiger partial charge in [0.05, 0.1) is 0 Å². The Morgan fingerprint density at radius 2 is 1.58 bits per heavy atom. The number of hydrogen-bond donors (Lipinski definition) is 4. The van der Waals surface area contributed by atoms with Crippen molar-refractivity contribution in [3.8, 4) is 0 Å². The number of aromatic nitrogens is 3. The van der Waals surface area contributed by atoms with Crippen molar-refractivity contribution >= 4 is 51.1 Å². The van der Waals surface area contributed by atoms with Gasteiger partial charge in [-0.3, -0.25) is 0 Å². The van der Waals surface area contributed by atoms with Crippen LogP contribution in [0.1, 0.15) is 11.1 Å². The van der Waals surface area contributed by atoms with Crippen LogP contribution in [-0.2, 0) is 6.54 Å². The lowest BCUT2D eigenvalue weighted by molar-refractivity contribution is 1.06. The summed E-state index contributed by atoms with van der Waals surface area (Å²) >= 11 is 3.45. The average molecular weight is 474 g/mol. The number of rotatable bonds is 8. The van der Waals surface area contributed by atoms with E-state index in [0.29, 0.717) is 18.4 Å². The van der Waals surface area contributed by atoms with Crippen molar-refractivity contribution in [1.29, 1.82) is 5.41 Å². The third-order valence-electron chi connectivity index (χ3n) is 4.44. The molecule has 0 bridgehead atoms. The van der Waals surface area contributed by atoms with Crippen LogP contribution in [-0.4, -0.2) is 21.2 Å². The third-order valence-corrected chi connectivity index (χ3v) is 4.93. The van der Waals surface area contributed by atoms with E-state index in [4.69, 9.17) is 5.41 Å². The first kappa shape index (κ1) is 20.5. The van der Waals surface area contributed by atoms with Gasteiger partial charge in [0.15, 0.2) is 0 Å². The maximum atomic E-state index is 7.77. The summed E-state index contributed by atoms with van der Waals surface area (Å²) < 4.78 is 0.963. The highest BCUT2D eigenvalue weighted by atomic mass is 79.9. The molecule has 31 heavy (non-hydrogen) atoms. The molecule has 0 fully saturated rings. The van der Waals surface area contributed by atoms with Crippen molar-refractivity contribution in [1.82, 2.24) is 15.0 Å². The van der Waals surface area contributed by atoms with Gasteiger partial charge in [0, 0.05) is 39.9 Å². The van der Waals surface area contributed by atoms with E-state index in [0.717, 1.165) is 27.1 Å². The molecule has 4 aromatic rings. The van der Waals surface area contributed by atoms with Gasteiger partial charge in [-0.1, -0.05) is 52.3 Å². The Hall–Kier alpha value is -3.78. The van der Waals surface area contributed by atoms with Crippen molar-refractivity contribution in [2.45, 2.75) is 6.54 Å². The monoisotopic (exact) mass is 473 g/mol. The molecule has 0 saturated heterocycles. The molecule has 4 N–H and O–H groups in total. The molecule has 154 valence electrons. The minimum Gasteiger partial charge on any atom is -0.380 e. The lowest BCUT2D eigenvalue weighted by Crippen LogP contribution is -2.05. The molecule has 0 amide bonds. The molecule has 0 unspecified atom stereocenters. The van der Waals surface area contributed by atoms with Gasteiger partial charge in [-0.25, -0.2) is 9.97 Å². The number of nitrogens with zero attached hydrogens (tertiary/aromatic N) is 3. The fourth-order valence-electron chi connectivity index (χ4n) is 2.96. The van der Waals surface area contributed by atoms with E-state index in [1.165, 1.54) is 18.1 Å². The molecule has 1 aromatic heterocycles. The van der Waals surface area contributed by atoms with Crippen molar-refractivity contribution < 1.29 is 0 Å². The number of benzene rings is 3. The quantitative estimate of drug-likeness (QED) is 0.244. The molecular weight excluding hydrogens is 454 g/mol. The van der Waals surface area contributed by atoms with E-state index in [1.807, 2.05) is 60.7 Å². The molecule has 4 rings (SSSR count). The highest BCUT2D eigenvalue weighted by Gasteiger charge is 2.06. The molecule has 0 spiro atoms. The third kappa shape index (κ3) is 5.64. The van der Waals surface area contributed by atoms with Crippen molar-refractivity contribution in [2.75, 3.05) is 16.0 Å². The standard InChI is InChI=1S/C23H20BrN7/c24-18-7-4-8-19(12-18)29-22-27-15-28-23(31-22)30-20-9-10-21(17(11-20)13-25)26-14-16-5-2-1-3-6-16/h1-13,15,25-26H,14H2,(H2,27,28,29,30,31).